The number of fused-ring (bicyclic) bond motifs is 2. The maximum absolute atomic E-state index is 10.1. The van der Waals surface area contributed by atoms with Crippen LogP contribution >= 0.6 is 0 Å². The summed E-state index contributed by atoms with van der Waals surface area (Å²) >= 11 is 0. The lowest BCUT2D eigenvalue weighted by molar-refractivity contribution is -0.0366. The Morgan fingerprint density at radius 3 is 2.67 bits per heavy atom. The second-order valence-electron chi connectivity index (χ2n) is 10.5. The molecule has 7 heteroatoms. The normalized spacial score (nSPS) is 20.0. The lowest BCUT2D eigenvalue weighted by Gasteiger charge is -2.23. The van der Waals surface area contributed by atoms with E-state index < -0.39 is 0 Å². The topological polar surface area (TPSA) is 94.7 Å². The van der Waals surface area contributed by atoms with Gasteiger partial charge in [0.05, 0.1) is 28.6 Å². The number of hydrogen-bond acceptors (Lipinski definition) is 5. The Labute approximate surface area is 210 Å². The molecular formula is C29H30N6O. The predicted molar refractivity (Wildman–Crippen MR) is 141 cm³/mol. The molecule has 2 N–H and O–H groups in total. The van der Waals surface area contributed by atoms with E-state index in [2.05, 4.69) is 35.8 Å². The van der Waals surface area contributed by atoms with Gasteiger partial charge in [-0.1, -0.05) is 17.7 Å². The van der Waals surface area contributed by atoms with E-state index in [0.29, 0.717) is 17.3 Å². The molecule has 7 nitrogen and oxygen atoms in total. The van der Waals surface area contributed by atoms with Gasteiger partial charge in [0.1, 0.15) is 17.5 Å². The SMILES string of the molecule is Cc1ccc2c(cnn2C2CCCCO2)c1-n1c(N)c(C#N)c2cnc(C3CC3)c(C=C3CCC3)c21. The molecule has 3 aromatic heterocycles. The molecule has 1 saturated heterocycles. The second-order valence-corrected chi connectivity index (χ2v) is 10.5. The van der Waals surface area contributed by atoms with Crippen LogP contribution in [-0.2, 0) is 4.74 Å². The van der Waals surface area contributed by atoms with Crippen molar-refractivity contribution < 1.29 is 4.74 Å². The zero-order chi connectivity index (χ0) is 24.4. The number of aryl methyl sites for hydroxylation is 1. The van der Waals surface area contributed by atoms with Crippen molar-refractivity contribution in [1.29, 1.82) is 5.26 Å². The Morgan fingerprint density at radius 1 is 1.11 bits per heavy atom. The monoisotopic (exact) mass is 478 g/mol. The van der Waals surface area contributed by atoms with Gasteiger partial charge in [-0.05, 0) is 69.9 Å². The number of nitrogens with two attached hydrogens (primary N) is 1. The molecule has 0 amide bonds. The van der Waals surface area contributed by atoms with Gasteiger partial charge in [0.25, 0.3) is 0 Å². The molecule has 2 aliphatic carbocycles. The summed E-state index contributed by atoms with van der Waals surface area (Å²) < 4.78 is 10.2. The van der Waals surface area contributed by atoms with Crippen LogP contribution in [0.2, 0.25) is 0 Å². The summed E-state index contributed by atoms with van der Waals surface area (Å²) in [6.45, 7) is 2.87. The molecule has 3 fully saturated rings. The third-order valence-electron chi connectivity index (χ3n) is 8.13. The molecule has 4 aromatic rings. The lowest BCUT2D eigenvalue weighted by atomic mass is 9.89. The van der Waals surface area contributed by atoms with Crippen LogP contribution in [0, 0.1) is 18.3 Å². The highest BCUT2D eigenvalue weighted by Gasteiger charge is 2.31. The van der Waals surface area contributed by atoms with Gasteiger partial charge in [-0.15, -0.1) is 0 Å². The molecule has 1 atom stereocenters. The Balaban J connectivity index is 1.54. The molecule has 0 spiro atoms. The average molecular weight is 479 g/mol. The van der Waals surface area contributed by atoms with Crippen LogP contribution < -0.4 is 5.73 Å². The van der Waals surface area contributed by atoms with E-state index in [1.807, 2.05) is 17.1 Å². The molecule has 4 heterocycles. The van der Waals surface area contributed by atoms with Crippen LogP contribution in [0.5, 0.6) is 0 Å². The highest BCUT2D eigenvalue weighted by Crippen LogP contribution is 2.46. The summed E-state index contributed by atoms with van der Waals surface area (Å²) in [5.41, 5.74) is 15.1. The molecule has 1 aliphatic heterocycles. The van der Waals surface area contributed by atoms with E-state index in [0.717, 1.165) is 83.0 Å². The van der Waals surface area contributed by atoms with Crippen molar-refractivity contribution in [3.05, 3.63) is 52.5 Å². The molecule has 0 bridgehead atoms. The quantitative estimate of drug-likeness (QED) is 0.372. The Morgan fingerprint density at radius 2 is 1.97 bits per heavy atom. The molecule has 2 saturated carbocycles. The van der Waals surface area contributed by atoms with E-state index in [1.54, 1.807) is 0 Å². The van der Waals surface area contributed by atoms with Crippen LogP contribution in [-0.4, -0.2) is 25.9 Å². The molecule has 7 rings (SSSR count). The van der Waals surface area contributed by atoms with E-state index in [1.165, 1.54) is 24.8 Å². The van der Waals surface area contributed by atoms with E-state index in [4.69, 9.17) is 20.6 Å². The zero-order valence-electron chi connectivity index (χ0n) is 20.6. The largest absolute Gasteiger partial charge is 0.384 e. The summed E-state index contributed by atoms with van der Waals surface area (Å²) in [5.74, 6) is 0.951. The molecule has 1 unspecified atom stereocenters. The maximum atomic E-state index is 10.1. The van der Waals surface area contributed by atoms with Crippen molar-refractivity contribution in [1.82, 2.24) is 19.3 Å². The molecule has 36 heavy (non-hydrogen) atoms. The van der Waals surface area contributed by atoms with Crippen LogP contribution in [0.15, 0.2) is 30.1 Å². The average Bonchev–Trinajstić information content (AvgIpc) is 3.56. The van der Waals surface area contributed by atoms with Crippen molar-refractivity contribution in [2.24, 2.45) is 0 Å². The molecule has 0 radical (unpaired) electrons. The summed E-state index contributed by atoms with van der Waals surface area (Å²) in [6.07, 6.45) is 15.1. The molecular weight excluding hydrogens is 448 g/mol. The number of allylic oxidation sites excluding steroid dienone is 1. The van der Waals surface area contributed by atoms with Gasteiger partial charge < -0.3 is 10.5 Å². The minimum absolute atomic E-state index is 0.0511. The van der Waals surface area contributed by atoms with Gasteiger partial charge in [0, 0.05) is 35.1 Å². The first-order valence-electron chi connectivity index (χ1n) is 13.2. The number of ether oxygens (including phenoxy) is 1. The predicted octanol–water partition coefficient (Wildman–Crippen LogP) is 6.28. The van der Waals surface area contributed by atoms with Gasteiger partial charge >= 0.3 is 0 Å². The first kappa shape index (κ1) is 21.6. The zero-order valence-corrected chi connectivity index (χ0v) is 20.6. The van der Waals surface area contributed by atoms with Crippen molar-refractivity contribution >= 4 is 33.7 Å². The fourth-order valence-corrected chi connectivity index (χ4v) is 5.89. The number of aromatic nitrogens is 4. The van der Waals surface area contributed by atoms with Crippen molar-refractivity contribution in [2.45, 2.75) is 70.4 Å². The Bertz CT molecular complexity index is 1580. The minimum Gasteiger partial charge on any atom is -0.384 e. The number of hydrogen-bond donors (Lipinski definition) is 1. The number of nitrogen functional groups attached to an aromatic ring is 1. The number of nitrogens with zero attached hydrogens (tertiary/aromatic N) is 5. The first-order valence-corrected chi connectivity index (χ1v) is 13.2. The van der Waals surface area contributed by atoms with E-state index in [9.17, 15) is 5.26 Å². The molecule has 3 aliphatic rings. The molecule has 182 valence electrons. The Hall–Kier alpha value is -3.63. The summed E-state index contributed by atoms with van der Waals surface area (Å²) in [4.78, 5) is 4.89. The van der Waals surface area contributed by atoms with Gasteiger partial charge in [-0.25, -0.2) is 4.68 Å². The highest BCUT2D eigenvalue weighted by molar-refractivity contribution is 6.02. The number of anilines is 1. The third-order valence-corrected chi connectivity index (χ3v) is 8.13. The second kappa shape index (κ2) is 8.21. The number of nitriles is 1. The van der Waals surface area contributed by atoms with E-state index >= 15 is 0 Å². The maximum Gasteiger partial charge on any atom is 0.150 e. The number of benzene rings is 1. The summed E-state index contributed by atoms with van der Waals surface area (Å²) in [5, 5.41) is 16.8. The van der Waals surface area contributed by atoms with Crippen molar-refractivity contribution in [3.8, 4) is 11.8 Å². The Kier molecular flexibility index (Phi) is 4.93. The highest BCUT2D eigenvalue weighted by atomic mass is 16.5. The molecule has 1 aromatic carbocycles. The smallest absolute Gasteiger partial charge is 0.150 e. The van der Waals surface area contributed by atoms with Crippen LogP contribution in [0.25, 0.3) is 33.6 Å². The fraction of sp³-hybridized carbons (Fsp3) is 0.414. The fourth-order valence-electron chi connectivity index (χ4n) is 5.89. The first-order chi connectivity index (χ1) is 17.7. The van der Waals surface area contributed by atoms with Crippen molar-refractivity contribution in [2.75, 3.05) is 12.3 Å². The number of rotatable bonds is 4. The van der Waals surface area contributed by atoms with Gasteiger partial charge in [0.2, 0.25) is 0 Å². The van der Waals surface area contributed by atoms with Gasteiger partial charge in [0.15, 0.2) is 6.23 Å². The third kappa shape index (κ3) is 3.21. The standard InChI is InChI=1S/C29H30N6O/c1-17-8-11-24-23(16-33-35(24)25-7-2-3-12-36-25)27(17)34-28-20(13-18-5-4-6-18)26(19-9-10-19)32-15-22(28)21(14-30)29(34)31/h8,11,13,15-16,19,25H,2-7,9-10,12,31H2,1H3. The van der Waals surface area contributed by atoms with Crippen LogP contribution in [0.3, 0.4) is 0 Å². The van der Waals surface area contributed by atoms with Crippen LogP contribution in [0.1, 0.15) is 85.9 Å². The minimum atomic E-state index is -0.0511. The van der Waals surface area contributed by atoms with Crippen molar-refractivity contribution in [3.63, 3.8) is 0 Å². The summed E-state index contributed by atoms with van der Waals surface area (Å²) in [6, 6.07) is 6.63. The lowest BCUT2D eigenvalue weighted by Crippen LogP contribution is -2.19. The number of pyridine rings is 1. The van der Waals surface area contributed by atoms with Gasteiger partial charge in [-0.3, -0.25) is 9.55 Å². The van der Waals surface area contributed by atoms with Gasteiger partial charge in [-0.2, -0.15) is 10.4 Å². The summed E-state index contributed by atoms with van der Waals surface area (Å²) in [7, 11) is 0. The van der Waals surface area contributed by atoms with E-state index in [-0.39, 0.29) is 6.23 Å². The van der Waals surface area contributed by atoms with Crippen LogP contribution in [0.4, 0.5) is 5.82 Å².